The van der Waals surface area contributed by atoms with Crippen molar-refractivity contribution < 1.29 is 22.8 Å². The second kappa shape index (κ2) is 7.48. The number of nitrogens with one attached hydrogen (secondary N) is 2. The Labute approximate surface area is 154 Å². The summed E-state index contributed by atoms with van der Waals surface area (Å²) in [4.78, 5) is 23.8. The molecule has 0 saturated heterocycles. The molecule has 142 valence electrons. The van der Waals surface area contributed by atoms with Crippen LogP contribution in [0.25, 0.3) is 0 Å². The van der Waals surface area contributed by atoms with Crippen molar-refractivity contribution in [3.63, 3.8) is 0 Å². The molecular formula is C14H16BrF3N6O2. The average Bonchev–Trinajstić information content (AvgIpc) is 3.05. The minimum absolute atomic E-state index is 0.0423. The fourth-order valence-corrected chi connectivity index (χ4v) is 2.72. The van der Waals surface area contributed by atoms with Crippen molar-refractivity contribution in [3.05, 3.63) is 27.8 Å². The Hall–Kier alpha value is -2.37. The van der Waals surface area contributed by atoms with Gasteiger partial charge >= 0.3 is 6.18 Å². The molecule has 0 unspecified atom stereocenters. The molecule has 8 nitrogen and oxygen atoms in total. The lowest BCUT2D eigenvalue weighted by atomic mass is 10.3. The van der Waals surface area contributed by atoms with Crippen LogP contribution in [0.3, 0.4) is 0 Å². The van der Waals surface area contributed by atoms with E-state index in [1.807, 2.05) is 0 Å². The van der Waals surface area contributed by atoms with Crippen molar-refractivity contribution in [2.24, 2.45) is 7.05 Å². The van der Waals surface area contributed by atoms with Gasteiger partial charge in [0.2, 0.25) is 5.91 Å². The summed E-state index contributed by atoms with van der Waals surface area (Å²) in [6.07, 6.45) is -3.26. The third-order valence-electron chi connectivity index (χ3n) is 3.50. The topological polar surface area (TPSA) is 93.8 Å². The van der Waals surface area contributed by atoms with E-state index in [0.29, 0.717) is 0 Å². The minimum Gasteiger partial charge on any atom is -0.354 e. The van der Waals surface area contributed by atoms with Crippen LogP contribution in [-0.2, 0) is 24.6 Å². The zero-order valence-corrected chi connectivity index (χ0v) is 15.7. The highest BCUT2D eigenvalue weighted by atomic mass is 79.9. The van der Waals surface area contributed by atoms with Crippen molar-refractivity contribution in [2.45, 2.75) is 26.1 Å². The summed E-state index contributed by atoms with van der Waals surface area (Å²) in [6, 6.07) is 0. The van der Waals surface area contributed by atoms with Gasteiger partial charge in [-0.2, -0.15) is 23.4 Å². The number of rotatable bonds is 5. The SMILES string of the molecule is CNC(=O)c1nn(C)cc1NC(=O)CCn1nc(C(F)(F)F)c(Br)c1C. The van der Waals surface area contributed by atoms with Crippen LogP contribution in [0, 0.1) is 6.92 Å². The Bertz CT molecular complexity index is 843. The lowest BCUT2D eigenvalue weighted by Gasteiger charge is -2.06. The normalized spacial score (nSPS) is 11.5. The van der Waals surface area contributed by atoms with E-state index in [1.54, 1.807) is 7.05 Å². The predicted octanol–water partition coefficient (Wildman–Crippen LogP) is 2.09. The third-order valence-corrected chi connectivity index (χ3v) is 4.45. The Morgan fingerprint density at radius 3 is 2.50 bits per heavy atom. The van der Waals surface area contributed by atoms with Gasteiger partial charge in [-0.25, -0.2) is 0 Å². The van der Waals surface area contributed by atoms with Gasteiger partial charge in [-0.1, -0.05) is 0 Å². The minimum atomic E-state index is -4.59. The van der Waals surface area contributed by atoms with Gasteiger partial charge in [0.1, 0.15) is 0 Å². The van der Waals surface area contributed by atoms with Gasteiger partial charge in [-0.3, -0.25) is 19.0 Å². The largest absolute Gasteiger partial charge is 0.436 e. The van der Waals surface area contributed by atoms with Gasteiger partial charge in [0, 0.05) is 26.7 Å². The lowest BCUT2D eigenvalue weighted by molar-refractivity contribution is -0.142. The van der Waals surface area contributed by atoms with Crippen molar-refractivity contribution in [3.8, 4) is 0 Å². The van der Waals surface area contributed by atoms with Crippen LogP contribution in [0.4, 0.5) is 18.9 Å². The van der Waals surface area contributed by atoms with Crippen LogP contribution in [0.5, 0.6) is 0 Å². The Balaban J connectivity index is 2.08. The number of amides is 2. The van der Waals surface area contributed by atoms with Crippen LogP contribution in [0.15, 0.2) is 10.7 Å². The van der Waals surface area contributed by atoms with E-state index in [2.05, 4.69) is 36.8 Å². The summed E-state index contributed by atoms with van der Waals surface area (Å²) in [5.74, 6) is -0.953. The van der Waals surface area contributed by atoms with Gasteiger partial charge in [0.05, 0.1) is 22.4 Å². The quantitative estimate of drug-likeness (QED) is 0.750. The third kappa shape index (κ3) is 4.23. The van der Waals surface area contributed by atoms with E-state index in [1.165, 1.54) is 24.9 Å². The maximum Gasteiger partial charge on any atom is 0.436 e. The average molecular weight is 437 g/mol. The van der Waals surface area contributed by atoms with E-state index in [9.17, 15) is 22.8 Å². The van der Waals surface area contributed by atoms with Crippen molar-refractivity contribution in [1.82, 2.24) is 24.9 Å². The molecule has 2 N–H and O–H groups in total. The summed E-state index contributed by atoms with van der Waals surface area (Å²) < 4.78 is 40.9. The number of alkyl halides is 3. The maximum atomic E-state index is 12.9. The highest BCUT2D eigenvalue weighted by molar-refractivity contribution is 9.10. The molecule has 2 rings (SSSR count). The number of aryl methyl sites for hydroxylation is 2. The maximum absolute atomic E-state index is 12.9. The first-order chi connectivity index (χ1) is 12.0. The summed E-state index contributed by atoms with van der Waals surface area (Å²) in [5, 5.41) is 12.4. The molecular weight excluding hydrogens is 421 g/mol. The van der Waals surface area contributed by atoms with Gasteiger partial charge < -0.3 is 10.6 Å². The fraction of sp³-hybridized carbons (Fsp3) is 0.429. The number of hydrogen-bond donors (Lipinski definition) is 2. The molecule has 0 fully saturated rings. The Morgan fingerprint density at radius 1 is 1.31 bits per heavy atom. The molecule has 2 aromatic heterocycles. The van der Waals surface area contributed by atoms with Crippen molar-refractivity contribution in [1.29, 1.82) is 0 Å². The molecule has 0 aliphatic heterocycles. The summed E-state index contributed by atoms with van der Waals surface area (Å²) in [7, 11) is 3.02. The monoisotopic (exact) mass is 436 g/mol. The van der Waals surface area contributed by atoms with Crippen molar-refractivity contribution in [2.75, 3.05) is 12.4 Å². The lowest BCUT2D eigenvalue weighted by Crippen LogP contribution is -2.22. The number of aromatic nitrogens is 4. The summed E-state index contributed by atoms with van der Waals surface area (Å²) >= 11 is 2.87. The molecule has 2 amide bonds. The molecule has 0 saturated carbocycles. The second-order valence-electron chi connectivity index (χ2n) is 5.41. The molecule has 0 atom stereocenters. The summed E-state index contributed by atoms with van der Waals surface area (Å²) in [5.41, 5.74) is -0.519. The number of nitrogens with zero attached hydrogens (tertiary/aromatic N) is 4. The zero-order valence-electron chi connectivity index (χ0n) is 14.1. The number of carbonyl (C=O) groups excluding carboxylic acids is 2. The second-order valence-corrected chi connectivity index (χ2v) is 6.20. The van der Waals surface area contributed by atoms with Gasteiger partial charge in [0.25, 0.3) is 5.91 Å². The standard InChI is InChI=1S/C14H16BrF3N6O2/c1-7-10(15)12(14(16,17)18)22-24(7)5-4-9(25)20-8-6-23(3)21-11(8)13(26)19-2/h6H,4-5H2,1-3H3,(H,19,26)(H,20,25). The summed E-state index contributed by atoms with van der Waals surface area (Å²) in [6.45, 7) is 1.41. The molecule has 26 heavy (non-hydrogen) atoms. The number of halogens is 4. The molecule has 0 bridgehead atoms. The van der Waals surface area contributed by atoms with Crippen molar-refractivity contribution >= 4 is 33.4 Å². The fourth-order valence-electron chi connectivity index (χ4n) is 2.21. The highest BCUT2D eigenvalue weighted by Crippen LogP contribution is 2.35. The zero-order chi connectivity index (χ0) is 19.6. The van der Waals surface area contributed by atoms with E-state index in [-0.39, 0.29) is 34.5 Å². The Kier molecular flexibility index (Phi) is 5.74. The molecule has 0 radical (unpaired) electrons. The Morgan fingerprint density at radius 2 is 1.96 bits per heavy atom. The first kappa shape index (κ1) is 19.9. The number of hydrogen-bond acceptors (Lipinski definition) is 4. The number of carbonyl (C=O) groups is 2. The molecule has 2 aromatic rings. The number of anilines is 1. The van der Waals surface area contributed by atoms with E-state index in [0.717, 1.165) is 4.68 Å². The van der Waals surface area contributed by atoms with Crippen LogP contribution < -0.4 is 10.6 Å². The molecule has 0 aliphatic carbocycles. The molecule has 2 heterocycles. The highest BCUT2D eigenvalue weighted by Gasteiger charge is 2.37. The van der Waals surface area contributed by atoms with Crippen LogP contribution in [0.2, 0.25) is 0 Å². The molecule has 0 aliphatic rings. The van der Waals surface area contributed by atoms with Gasteiger partial charge in [-0.15, -0.1) is 0 Å². The van der Waals surface area contributed by atoms with E-state index in [4.69, 9.17) is 0 Å². The first-order valence-corrected chi connectivity index (χ1v) is 8.19. The van der Waals surface area contributed by atoms with Crippen LogP contribution in [0.1, 0.15) is 28.3 Å². The van der Waals surface area contributed by atoms with Gasteiger partial charge in [0.15, 0.2) is 11.4 Å². The van der Waals surface area contributed by atoms with E-state index < -0.39 is 23.7 Å². The van der Waals surface area contributed by atoms with Crippen LogP contribution in [-0.4, -0.2) is 38.4 Å². The van der Waals surface area contributed by atoms with E-state index >= 15 is 0 Å². The smallest absolute Gasteiger partial charge is 0.354 e. The van der Waals surface area contributed by atoms with Gasteiger partial charge in [-0.05, 0) is 22.9 Å². The first-order valence-electron chi connectivity index (χ1n) is 7.40. The molecule has 0 aromatic carbocycles. The molecule has 0 spiro atoms. The molecule has 12 heteroatoms. The van der Waals surface area contributed by atoms with Crippen LogP contribution >= 0.6 is 15.9 Å². The predicted molar refractivity (Wildman–Crippen MR) is 89.5 cm³/mol.